The number of fused-ring (bicyclic) bond motifs is 1. The van der Waals surface area contributed by atoms with Gasteiger partial charge in [-0.3, -0.25) is 9.59 Å². The maximum Gasteiger partial charge on any atom is 0.272 e. The van der Waals surface area contributed by atoms with Gasteiger partial charge in [-0.2, -0.15) is 0 Å². The van der Waals surface area contributed by atoms with Crippen LogP contribution in [0.1, 0.15) is 0 Å². The molecule has 1 aromatic carbocycles. The Balaban J connectivity index is 2.34. The first kappa shape index (κ1) is 8.25. The zero-order valence-electron chi connectivity index (χ0n) is 6.95. The van der Waals surface area contributed by atoms with E-state index in [9.17, 15) is 9.59 Å². The van der Waals surface area contributed by atoms with Crippen LogP contribution in [0.25, 0.3) is 0 Å². The standard InChI is InChI=1S/C8H9NO4/c10-3-1-9-2-4-13-8-5(9)6(11)7(8)12/h10H,1-4H2. The van der Waals surface area contributed by atoms with Crippen LogP contribution in [0.4, 0.5) is 5.69 Å². The van der Waals surface area contributed by atoms with Crippen molar-refractivity contribution in [1.29, 1.82) is 0 Å². The Labute approximate surface area is 73.9 Å². The molecule has 0 fully saturated rings. The SMILES string of the molecule is O=c1c2c(c1=O)N(CCO)CCO2. The van der Waals surface area contributed by atoms with Crippen LogP contribution in [-0.4, -0.2) is 31.4 Å². The molecule has 5 nitrogen and oxygen atoms in total. The van der Waals surface area contributed by atoms with E-state index < -0.39 is 10.9 Å². The summed E-state index contributed by atoms with van der Waals surface area (Å²) in [6.07, 6.45) is 0. The Morgan fingerprint density at radius 2 is 2.15 bits per heavy atom. The quantitative estimate of drug-likeness (QED) is 0.564. The molecule has 0 radical (unpaired) electrons. The van der Waals surface area contributed by atoms with E-state index in [2.05, 4.69) is 0 Å². The van der Waals surface area contributed by atoms with Gasteiger partial charge in [-0.1, -0.05) is 0 Å². The molecular formula is C8H9NO4. The van der Waals surface area contributed by atoms with Crippen LogP contribution in [-0.2, 0) is 0 Å². The van der Waals surface area contributed by atoms with E-state index in [1.807, 2.05) is 0 Å². The van der Waals surface area contributed by atoms with Crippen LogP contribution < -0.4 is 20.5 Å². The number of aliphatic hydroxyl groups is 1. The number of aliphatic hydroxyl groups excluding tert-OH is 1. The molecular weight excluding hydrogens is 174 g/mol. The van der Waals surface area contributed by atoms with E-state index in [0.717, 1.165) is 0 Å². The van der Waals surface area contributed by atoms with Gasteiger partial charge in [0.2, 0.25) is 0 Å². The van der Waals surface area contributed by atoms with E-state index in [1.54, 1.807) is 4.90 Å². The highest BCUT2D eigenvalue weighted by atomic mass is 16.5. The lowest BCUT2D eigenvalue weighted by Crippen LogP contribution is -2.47. The second-order valence-electron chi connectivity index (χ2n) is 2.90. The lowest BCUT2D eigenvalue weighted by Gasteiger charge is -2.30. The molecule has 0 amide bonds. The highest BCUT2D eigenvalue weighted by molar-refractivity contribution is 5.64. The summed E-state index contributed by atoms with van der Waals surface area (Å²) >= 11 is 0. The summed E-state index contributed by atoms with van der Waals surface area (Å²) in [6.45, 7) is 1.30. The molecule has 0 saturated heterocycles. The van der Waals surface area contributed by atoms with Crippen molar-refractivity contribution in [2.45, 2.75) is 0 Å². The van der Waals surface area contributed by atoms with Gasteiger partial charge in [0.05, 0.1) is 13.2 Å². The number of anilines is 1. The van der Waals surface area contributed by atoms with E-state index in [-0.39, 0.29) is 12.4 Å². The molecule has 5 heteroatoms. The van der Waals surface area contributed by atoms with Crippen molar-refractivity contribution in [2.24, 2.45) is 0 Å². The molecule has 0 bridgehead atoms. The average molecular weight is 183 g/mol. The van der Waals surface area contributed by atoms with Gasteiger partial charge in [0.15, 0.2) is 5.75 Å². The highest BCUT2D eigenvalue weighted by Crippen LogP contribution is 2.25. The van der Waals surface area contributed by atoms with Gasteiger partial charge >= 0.3 is 0 Å². The van der Waals surface area contributed by atoms with Crippen molar-refractivity contribution < 1.29 is 9.84 Å². The van der Waals surface area contributed by atoms with Gasteiger partial charge in [-0.15, -0.1) is 0 Å². The molecule has 1 heterocycles. The number of ether oxygens (including phenoxy) is 1. The molecule has 0 spiro atoms. The molecule has 13 heavy (non-hydrogen) atoms. The monoisotopic (exact) mass is 183 g/mol. The zero-order valence-corrected chi connectivity index (χ0v) is 6.95. The minimum atomic E-state index is -0.544. The smallest absolute Gasteiger partial charge is 0.272 e. The van der Waals surface area contributed by atoms with Crippen molar-refractivity contribution in [2.75, 3.05) is 31.2 Å². The minimum Gasteiger partial charge on any atom is -0.485 e. The normalized spacial score (nSPS) is 15.6. The van der Waals surface area contributed by atoms with Gasteiger partial charge in [0, 0.05) is 6.54 Å². The first-order chi connectivity index (χ1) is 6.25. The number of nitrogens with zero attached hydrogens (tertiary/aromatic N) is 1. The van der Waals surface area contributed by atoms with E-state index in [4.69, 9.17) is 9.84 Å². The van der Waals surface area contributed by atoms with Crippen molar-refractivity contribution in [3.8, 4) is 5.75 Å². The lowest BCUT2D eigenvalue weighted by atomic mass is 10.1. The first-order valence-electron chi connectivity index (χ1n) is 4.07. The third-order valence-electron chi connectivity index (χ3n) is 2.14. The zero-order chi connectivity index (χ0) is 9.42. The van der Waals surface area contributed by atoms with Gasteiger partial charge in [-0.05, 0) is 0 Å². The number of rotatable bonds is 2. The third-order valence-corrected chi connectivity index (χ3v) is 2.14. The molecule has 0 saturated carbocycles. The predicted octanol–water partition coefficient (Wildman–Crippen LogP) is -1.53. The Bertz CT molecular complexity index is 391. The summed E-state index contributed by atoms with van der Waals surface area (Å²) in [6, 6.07) is 0. The summed E-state index contributed by atoms with van der Waals surface area (Å²) < 4.78 is 5.02. The molecule has 1 aliphatic heterocycles. The average Bonchev–Trinajstić information content (AvgIpc) is 2.17. The fraction of sp³-hybridized carbons (Fsp3) is 0.500. The predicted molar refractivity (Wildman–Crippen MR) is 46.1 cm³/mol. The molecule has 1 aliphatic rings. The maximum atomic E-state index is 11.1. The largest absolute Gasteiger partial charge is 0.485 e. The van der Waals surface area contributed by atoms with Crippen molar-refractivity contribution in [3.05, 3.63) is 20.4 Å². The summed E-state index contributed by atoms with van der Waals surface area (Å²) in [7, 11) is 0. The van der Waals surface area contributed by atoms with E-state index in [1.165, 1.54) is 0 Å². The first-order valence-corrected chi connectivity index (χ1v) is 4.07. The fourth-order valence-corrected chi connectivity index (χ4v) is 1.49. The molecule has 1 N–H and O–H groups in total. The molecule has 0 atom stereocenters. The van der Waals surface area contributed by atoms with Crippen LogP contribution in [0, 0.1) is 0 Å². The second kappa shape index (κ2) is 2.85. The van der Waals surface area contributed by atoms with Gasteiger partial charge in [0.1, 0.15) is 12.3 Å². The number of hydrogen-bond donors (Lipinski definition) is 1. The summed E-state index contributed by atoms with van der Waals surface area (Å²) in [5.74, 6) is 0.171. The molecule has 2 rings (SSSR count). The highest BCUT2D eigenvalue weighted by Gasteiger charge is 2.30. The van der Waals surface area contributed by atoms with Crippen LogP contribution in [0.5, 0.6) is 5.75 Å². The van der Waals surface area contributed by atoms with Crippen LogP contribution in [0.15, 0.2) is 9.59 Å². The molecule has 0 aromatic heterocycles. The van der Waals surface area contributed by atoms with Crippen LogP contribution >= 0.6 is 0 Å². The van der Waals surface area contributed by atoms with Crippen molar-refractivity contribution in [1.82, 2.24) is 0 Å². The summed E-state index contributed by atoms with van der Waals surface area (Å²) in [5.41, 5.74) is -0.703. The number of hydrogen-bond acceptors (Lipinski definition) is 5. The Hall–Kier alpha value is -1.36. The Morgan fingerprint density at radius 1 is 1.38 bits per heavy atom. The maximum absolute atomic E-state index is 11.1. The second-order valence-corrected chi connectivity index (χ2v) is 2.90. The van der Waals surface area contributed by atoms with E-state index in [0.29, 0.717) is 25.4 Å². The van der Waals surface area contributed by atoms with Gasteiger partial charge < -0.3 is 14.7 Å². The Kier molecular flexibility index (Phi) is 1.81. The van der Waals surface area contributed by atoms with Crippen LogP contribution in [0.3, 0.4) is 0 Å². The summed E-state index contributed by atoms with van der Waals surface area (Å²) in [5, 5.41) is 8.70. The molecule has 70 valence electrons. The van der Waals surface area contributed by atoms with Crippen LogP contribution in [0.2, 0.25) is 0 Å². The number of β-amino-alcohol motifs (C(OH)–C–C–N with tert-alkyl or cyclic N) is 1. The van der Waals surface area contributed by atoms with Crippen molar-refractivity contribution >= 4 is 5.69 Å². The van der Waals surface area contributed by atoms with Crippen molar-refractivity contribution in [3.63, 3.8) is 0 Å². The third kappa shape index (κ3) is 1.04. The minimum absolute atomic E-state index is 0.0295. The molecule has 0 aliphatic carbocycles. The van der Waals surface area contributed by atoms with Gasteiger partial charge in [0.25, 0.3) is 10.9 Å². The molecule has 1 aromatic rings. The van der Waals surface area contributed by atoms with Gasteiger partial charge in [-0.25, -0.2) is 0 Å². The topological polar surface area (TPSA) is 66.8 Å². The summed E-state index contributed by atoms with van der Waals surface area (Å²) in [4.78, 5) is 23.7. The van der Waals surface area contributed by atoms with E-state index >= 15 is 0 Å². The molecule has 0 unspecified atom stereocenters. The Morgan fingerprint density at radius 3 is 2.85 bits per heavy atom. The fourth-order valence-electron chi connectivity index (χ4n) is 1.49. The lowest BCUT2D eigenvalue weighted by molar-refractivity contribution is 0.273.